The molecule has 0 bridgehead atoms. The molecule has 0 aliphatic heterocycles. The van der Waals surface area contributed by atoms with Crippen molar-refractivity contribution in [3.63, 3.8) is 0 Å². The van der Waals surface area contributed by atoms with Gasteiger partial charge in [0.05, 0.1) is 6.10 Å². The molecule has 0 aromatic carbocycles. The number of rotatable bonds is 8. The fourth-order valence-corrected chi connectivity index (χ4v) is 7.61. The molecule has 3 fully saturated rings. The summed E-state index contributed by atoms with van der Waals surface area (Å²) in [5.41, 5.74) is 1.69. The minimum absolute atomic E-state index is 0.529. The van der Waals surface area contributed by atoms with E-state index in [0.29, 0.717) is 6.10 Å². The molecule has 0 aromatic rings. The summed E-state index contributed by atoms with van der Waals surface area (Å²) in [5, 5.41) is 0. The number of hydrogen-bond donors (Lipinski definition) is 0. The van der Waals surface area contributed by atoms with E-state index in [-0.39, 0.29) is 0 Å². The number of hydrogen-bond acceptors (Lipinski definition) is 1. The third-order valence-electron chi connectivity index (χ3n) is 9.84. The minimum atomic E-state index is 0.529. The van der Waals surface area contributed by atoms with Gasteiger partial charge in [-0.3, -0.25) is 0 Å². The molecule has 1 unspecified atom stereocenters. The highest BCUT2D eigenvalue weighted by atomic mass is 16.5. The Kier molecular flexibility index (Phi) is 9.18. The Hall–Kier alpha value is -0.560. The van der Waals surface area contributed by atoms with Crippen molar-refractivity contribution in [2.24, 2.45) is 35.5 Å². The average Bonchev–Trinajstić information content (AvgIpc) is 2.85. The van der Waals surface area contributed by atoms with Gasteiger partial charge in [0.25, 0.3) is 0 Å². The van der Waals surface area contributed by atoms with E-state index in [2.05, 4.69) is 25.2 Å². The number of allylic oxidation sites excluding steroid dienone is 4. The lowest BCUT2D eigenvalue weighted by molar-refractivity contribution is 0.0503. The standard InChI is InChI=1S/C30H50O/c1-3-4-5-6-23-7-9-24(10-8-23)25-11-13-26(14-12-25)27-15-17-28(18-16-27)29-19-21-30(31-2)22-20-29/h15-17,23-26,28-30H,3-14,18-22H2,1-2H3. The van der Waals surface area contributed by atoms with Crippen LogP contribution in [-0.2, 0) is 4.74 Å². The zero-order valence-electron chi connectivity index (χ0n) is 20.7. The van der Waals surface area contributed by atoms with E-state index in [4.69, 9.17) is 4.74 Å². The Morgan fingerprint density at radius 1 is 0.774 bits per heavy atom. The summed E-state index contributed by atoms with van der Waals surface area (Å²) in [5.74, 6) is 5.73. The molecule has 0 saturated heterocycles. The molecular formula is C30H50O. The van der Waals surface area contributed by atoms with Crippen molar-refractivity contribution in [2.45, 2.75) is 122 Å². The van der Waals surface area contributed by atoms with Gasteiger partial charge in [0.15, 0.2) is 0 Å². The number of ether oxygens (including phenoxy) is 1. The van der Waals surface area contributed by atoms with E-state index in [1.54, 1.807) is 18.4 Å². The molecule has 4 rings (SSSR count). The topological polar surface area (TPSA) is 9.23 Å². The van der Waals surface area contributed by atoms with E-state index in [1.165, 1.54) is 96.3 Å². The molecule has 31 heavy (non-hydrogen) atoms. The van der Waals surface area contributed by atoms with Crippen LogP contribution in [0.5, 0.6) is 0 Å². The lowest BCUT2D eigenvalue weighted by Gasteiger charge is -2.39. The lowest BCUT2D eigenvalue weighted by Crippen LogP contribution is -2.27. The first-order chi connectivity index (χ1) is 15.3. The molecule has 176 valence electrons. The second-order valence-corrected chi connectivity index (χ2v) is 11.6. The fourth-order valence-electron chi connectivity index (χ4n) is 7.61. The normalized spacial score (nSPS) is 39.3. The first kappa shape index (κ1) is 23.6. The summed E-state index contributed by atoms with van der Waals surface area (Å²) in [7, 11) is 1.88. The second kappa shape index (κ2) is 12.1. The van der Waals surface area contributed by atoms with E-state index in [9.17, 15) is 0 Å². The van der Waals surface area contributed by atoms with Crippen molar-refractivity contribution in [2.75, 3.05) is 7.11 Å². The van der Waals surface area contributed by atoms with Crippen molar-refractivity contribution < 1.29 is 4.74 Å². The largest absolute Gasteiger partial charge is 0.381 e. The maximum absolute atomic E-state index is 5.57. The summed E-state index contributed by atoms with van der Waals surface area (Å²) in [6.07, 6.45) is 32.8. The van der Waals surface area contributed by atoms with Gasteiger partial charge >= 0.3 is 0 Å². The highest BCUT2D eigenvalue weighted by molar-refractivity contribution is 5.27. The van der Waals surface area contributed by atoms with Gasteiger partial charge in [0, 0.05) is 7.11 Å². The summed E-state index contributed by atoms with van der Waals surface area (Å²) >= 11 is 0. The third kappa shape index (κ3) is 6.49. The molecule has 4 aliphatic carbocycles. The number of methoxy groups -OCH3 is 1. The van der Waals surface area contributed by atoms with E-state index in [0.717, 1.165) is 35.5 Å². The monoisotopic (exact) mass is 426 g/mol. The van der Waals surface area contributed by atoms with Crippen LogP contribution in [0, 0.1) is 35.5 Å². The molecule has 0 aromatic heterocycles. The van der Waals surface area contributed by atoms with Gasteiger partial charge in [-0.1, -0.05) is 63.7 Å². The molecule has 0 spiro atoms. The summed E-state index contributed by atoms with van der Waals surface area (Å²) in [6.45, 7) is 2.33. The van der Waals surface area contributed by atoms with E-state index < -0.39 is 0 Å². The minimum Gasteiger partial charge on any atom is -0.381 e. The van der Waals surface area contributed by atoms with E-state index >= 15 is 0 Å². The van der Waals surface area contributed by atoms with Crippen molar-refractivity contribution in [1.82, 2.24) is 0 Å². The van der Waals surface area contributed by atoms with Gasteiger partial charge in [-0.2, -0.15) is 0 Å². The summed E-state index contributed by atoms with van der Waals surface area (Å²) in [4.78, 5) is 0. The zero-order chi connectivity index (χ0) is 21.5. The Bertz CT molecular complexity index is 565. The van der Waals surface area contributed by atoms with Crippen LogP contribution in [0.4, 0.5) is 0 Å². The molecule has 0 amide bonds. The third-order valence-corrected chi connectivity index (χ3v) is 9.84. The Morgan fingerprint density at radius 2 is 1.42 bits per heavy atom. The molecule has 0 radical (unpaired) electrons. The van der Waals surface area contributed by atoms with Gasteiger partial charge in [-0.25, -0.2) is 0 Å². The molecule has 0 heterocycles. The Labute approximate surface area is 193 Å². The Morgan fingerprint density at radius 3 is 2.00 bits per heavy atom. The summed E-state index contributed by atoms with van der Waals surface area (Å²) in [6, 6.07) is 0. The first-order valence-corrected chi connectivity index (χ1v) is 14.2. The van der Waals surface area contributed by atoms with Crippen LogP contribution in [0.25, 0.3) is 0 Å². The molecule has 4 aliphatic rings. The summed E-state index contributed by atoms with van der Waals surface area (Å²) < 4.78 is 5.57. The SMILES string of the molecule is CCCCCC1CCC(C2CCC(C3=CCC(C4CCC(OC)CC4)C=C3)CC2)CC1. The van der Waals surface area contributed by atoms with Crippen LogP contribution in [0.2, 0.25) is 0 Å². The van der Waals surface area contributed by atoms with Gasteiger partial charge in [0.1, 0.15) is 0 Å². The van der Waals surface area contributed by atoms with Crippen molar-refractivity contribution in [3.8, 4) is 0 Å². The predicted molar refractivity (Wildman–Crippen MR) is 133 cm³/mol. The molecule has 1 atom stereocenters. The van der Waals surface area contributed by atoms with Crippen LogP contribution in [0.1, 0.15) is 116 Å². The zero-order valence-corrected chi connectivity index (χ0v) is 20.7. The molecular weight excluding hydrogens is 376 g/mol. The molecule has 3 saturated carbocycles. The highest BCUT2D eigenvalue weighted by Gasteiger charge is 2.32. The van der Waals surface area contributed by atoms with Crippen molar-refractivity contribution in [1.29, 1.82) is 0 Å². The Balaban J connectivity index is 1.16. The average molecular weight is 427 g/mol. The van der Waals surface area contributed by atoms with Crippen LogP contribution in [-0.4, -0.2) is 13.2 Å². The maximum atomic E-state index is 5.57. The predicted octanol–water partition coefficient (Wildman–Crippen LogP) is 8.89. The van der Waals surface area contributed by atoms with Gasteiger partial charge in [0.2, 0.25) is 0 Å². The first-order valence-electron chi connectivity index (χ1n) is 14.2. The van der Waals surface area contributed by atoms with Gasteiger partial charge in [-0.15, -0.1) is 0 Å². The van der Waals surface area contributed by atoms with Crippen molar-refractivity contribution >= 4 is 0 Å². The maximum Gasteiger partial charge on any atom is 0.0571 e. The van der Waals surface area contributed by atoms with E-state index in [1.807, 2.05) is 7.11 Å². The number of unbranched alkanes of at least 4 members (excludes halogenated alkanes) is 2. The smallest absolute Gasteiger partial charge is 0.0571 e. The van der Waals surface area contributed by atoms with Crippen molar-refractivity contribution in [3.05, 3.63) is 23.8 Å². The fraction of sp³-hybridized carbons (Fsp3) is 0.867. The molecule has 0 N–H and O–H groups in total. The van der Waals surface area contributed by atoms with Gasteiger partial charge < -0.3 is 4.74 Å². The quantitative estimate of drug-likeness (QED) is 0.352. The van der Waals surface area contributed by atoms with Crippen LogP contribution in [0.3, 0.4) is 0 Å². The highest BCUT2D eigenvalue weighted by Crippen LogP contribution is 2.45. The van der Waals surface area contributed by atoms with Gasteiger partial charge in [-0.05, 0) is 112 Å². The van der Waals surface area contributed by atoms with Crippen LogP contribution in [0.15, 0.2) is 23.8 Å². The van der Waals surface area contributed by atoms with Crippen LogP contribution < -0.4 is 0 Å². The molecule has 1 heteroatoms. The molecule has 1 nitrogen and oxygen atoms in total. The van der Waals surface area contributed by atoms with Crippen LogP contribution >= 0.6 is 0 Å². The second-order valence-electron chi connectivity index (χ2n) is 11.6. The lowest BCUT2D eigenvalue weighted by atomic mass is 9.67.